The summed E-state index contributed by atoms with van der Waals surface area (Å²) in [6.07, 6.45) is 10.7. The molecule has 0 saturated heterocycles. The van der Waals surface area contributed by atoms with Crippen LogP contribution in [0.25, 0.3) is 0 Å². The lowest BCUT2D eigenvalue weighted by Crippen LogP contribution is -2.45. The van der Waals surface area contributed by atoms with Gasteiger partial charge >= 0.3 is 5.97 Å². The van der Waals surface area contributed by atoms with Gasteiger partial charge in [0.25, 0.3) is 0 Å². The summed E-state index contributed by atoms with van der Waals surface area (Å²) in [6, 6.07) is 18.8. The van der Waals surface area contributed by atoms with Crippen molar-refractivity contribution in [1.82, 2.24) is 0 Å². The molecule has 0 aliphatic heterocycles. The predicted octanol–water partition coefficient (Wildman–Crippen LogP) is 7.94. The van der Waals surface area contributed by atoms with Crippen molar-refractivity contribution in [2.24, 2.45) is 5.92 Å². The zero-order chi connectivity index (χ0) is 26.2. The Labute approximate surface area is 220 Å². The van der Waals surface area contributed by atoms with Crippen molar-refractivity contribution in [2.45, 2.75) is 97.8 Å². The highest BCUT2D eigenvalue weighted by molar-refractivity contribution is 5.72. The molecule has 200 valence electrons. The normalized spacial score (nSPS) is 13.2. The first-order chi connectivity index (χ1) is 17.4. The highest BCUT2D eigenvalue weighted by Gasteiger charge is 2.30. The van der Waals surface area contributed by atoms with Gasteiger partial charge in [0.15, 0.2) is 0 Å². The number of carbonyl (C=O) groups excluding carboxylic acids is 1. The largest absolute Gasteiger partial charge is 0.455 e. The lowest BCUT2D eigenvalue weighted by atomic mass is 10.0. The van der Waals surface area contributed by atoms with E-state index in [2.05, 4.69) is 71.3 Å². The summed E-state index contributed by atoms with van der Waals surface area (Å²) in [5, 5.41) is 0. The second-order valence-electron chi connectivity index (χ2n) is 10.8. The van der Waals surface area contributed by atoms with Gasteiger partial charge < -0.3 is 14.0 Å². The van der Waals surface area contributed by atoms with E-state index in [1.54, 1.807) is 0 Å². The summed E-state index contributed by atoms with van der Waals surface area (Å²) in [5.74, 6) is 0.447. The zero-order valence-corrected chi connectivity index (χ0v) is 23.5. The Hall–Kier alpha value is -2.33. The van der Waals surface area contributed by atoms with Crippen molar-refractivity contribution in [3.8, 4) is 5.75 Å². The predicted molar refractivity (Wildman–Crippen MR) is 150 cm³/mol. The first-order valence-electron chi connectivity index (χ1n) is 14.2. The van der Waals surface area contributed by atoms with Crippen molar-refractivity contribution in [2.75, 3.05) is 20.6 Å². The summed E-state index contributed by atoms with van der Waals surface area (Å²) in [6.45, 7) is 8.02. The maximum absolute atomic E-state index is 13.1. The molecule has 0 spiro atoms. The third kappa shape index (κ3) is 11.6. The van der Waals surface area contributed by atoms with Gasteiger partial charge in [0.2, 0.25) is 6.29 Å². The van der Waals surface area contributed by atoms with Crippen LogP contribution in [0.3, 0.4) is 0 Å². The molecule has 0 heterocycles. The van der Waals surface area contributed by atoms with E-state index in [0.29, 0.717) is 6.42 Å². The third-order valence-corrected chi connectivity index (χ3v) is 6.78. The third-order valence-electron chi connectivity index (χ3n) is 6.78. The maximum atomic E-state index is 13.1. The van der Waals surface area contributed by atoms with E-state index < -0.39 is 6.29 Å². The van der Waals surface area contributed by atoms with E-state index in [4.69, 9.17) is 9.47 Å². The van der Waals surface area contributed by atoms with Crippen molar-refractivity contribution in [3.63, 3.8) is 0 Å². The van der Waals surface area contributed by atoms with E-state index in [0.717, 1.165) is 42.6 Å². The lowest BCUT2D eigenvalue weighted by molar-refractivity contribution is -0.906. The average Bonchev–Trinajstić information content (AvgIpc) is 2.86. The molecule has 0 aromatic heterocycles. The van der Waals surface area contributed by atoms with E-state index in [1.807, 2.05) is 18.2 Å². The number of carbonyl (C=O) groups is 1. The number of rotatable bonds is 18. The van der Waals surface area contributed by atoms with Gasteiger partial charge in [-0.2, -0.15) is 0 Å². The fourth-order valence-electron chi connectivity index (χ4n) is 4.71. The summed E-state index contributed by atoms with van der Waals surface area (Å²) in [7, 11) is 4.35. The fraction of sp³-hybridized carbons (Fsp3) is 0.594. The van der Waals surface area contributed by atoms with Crippen LogP contribution in [-0.4, -0.2) is 37.4 Å². The molecular formula is C32H50NO3+. The van der Waals surface area contributed by atoms with E-state index in [9.17, 15) is 4.79 Å². The molecule has 2 aromatic carbocycles. The topological polar surface area (TPSA) is 35.5 Å². The summed E-state index contributed by atoms with van der Waals surface area (Å²) < 4.78 is 12.8. The smallest absolute Gasteiger partial charge is 0.317 e. The Balaban J connectivity index is 1.87. The molecule has 0 saturated carbocycles. The van der Waals surface area contributed by atoms with Gasteiger partial charge in [0, 0.05) is 12.0 Å². The van der Waals surface area contributed by atoms with Crippen LogP contribution >= 0.6 is 0 Å². The molecule has 2 unspecified atom stereocenters. The Morgan fingerprint density at radius 1 is 0.806 bits per heavy atom. The molecular weight excluding hydrogens is 446 g/mol. The van der Waals surface area contributed by atoms with Crippen LogP contribution in [-0.2, 0) is 22.5 Å². The van der Waals surface area contributed by atoms with Crippen LogP contribution in [0.4, 0.5) is 0 Å². The Morgan fingerprint density at radius 2 is 1.47 bits per heavy atom. The minimum atomic E-state index is -0.550. The van der Waals surface area contributed by atoms with Crippen molar-refractivity contribution >= 4 is 5.97 Å². The molecule has 36 heavy (non-hydrogen) atoms. The summed E-state index contributed by atoms with van der Waals surface area (Å²) in [5.41, 5.74) is 2.61. The summed E-state index contributed by atoms with van der Waals surface area (Å²) in [4.78, 5) is 13.1. The average molecular weight is 497 g/mol. The monoisotopic (exact) mass is 496 g/mol. The van der Waals surface area contributed by atoms with Crippen LogP contribution in [0.15, 0.2) is 54.6 Å². The molecule has 0 radical (unpaired) electrons. The van der Waals surface area contributed by atoms with Gasteiger partial charge in [0.05, 0.1) is 20.6 Å². The number of quaternary nitrogens is 1. The van der Waals surface area contributed by atoms with Crippen LogP contribution in [0.1, 0.15) is 89.7 Å². The number of esters is 1. The SMILES string of the molecule is CCCCCCCCc1ccc(OC(CCC)OC(=O)C(CC)C[N+](C)(C)Cc2ccccc2)cc1. The molecule has 4 nitrogen and oxygen atoms in total. The van der Waals surface area contributed by atoms with Crippen LogP contribution in [0.2, 0.25) is 0 Å². The molecule has 0 N–H and O–H groups in total. The van der Waals surface area contributed by atoms with Crippen molar-refractivity contribution < 1.29 is 18.8 Å². The lowest BCUT2D eigenvalue weighted by Gasteiger charge is -2.33. The summed E-state index contributed by atoms with van der Waals surface area (Å²) >= 11 is 0. The fourth-order valence-corrected chi connectivity index (χ4v) is 4.71. The van der Waals surface area contributed by atoms with E-state index in [-0.39, 0.29) is 11.9 Å². The highest BCUT2D eigenvalue weighted by atomic mass is 16.7. The Morgan fingerprint density at radius 3 is 2.11 bits per heavy atom. The van der Waals surface area contributed by atoms with Crippen LogP contribution in [0, 0.1) is 5.92 Å². The van der Waals surface area contributed by atoms with Gasteiger partial charge in [-0.15, -0.1) is 0 Å². The molecule has 2 atom stereocenters. The minimum Gasteiger partial charge on any atom is -0.455 e. The number of hydrogen-bond acceptors (Lipinski definition) is 3. The zero-order valence-electron chi connectivity index (χ0n) is 23.5. The number of unbranched alkanes of at least 4 members (excludes halogenated alkanes) is 5. The Kier molecular flexibility index (Phi) is 13.6. The number of nitrogens with zero attached hydrogens (tertiary/aromatic N) is 1. The van der Waals surface area contributed by atoms with E-state index in [1.165, 1.54) is 49.7 Å². The molecule has 0 aliphatic carbocycles. The second-order valence-corrected chi connectivity index (χ2v) is 10.8. The van der Waals surface area contributed by atoms with Crippen molar-refractivity contribution in [1.29, 1.82) is 0 Å². The number of benzene rings is 2. The number of hydrogen-bond donors (Lipinski definition) is 0. The molecule has 0 aliphatic rings. The standard InChI is InChI=1S/C32H50NO3/c1-6-9-10-11-12-14-18-27-21-23-30(24-22-27)35-31(17-7-2)36-32(34)29(8-3)26-33(4,5)25-28-19-15-13-16-20-28/h13,15-16,19-24,29,31H,6-12,14,17-18,25-26H2,1-5H3/q+1. The Bertz CT molecular complexity index is 847. The molecule has 4 heteroatoms. The minimum absolute atomic E-state index is 0.157. The van der Waals surface area contributed by atoms with Crippen LogP contribution in [0.5, 0.6) is 5.75 Å². The molecule has 0 fully saturated rings. The molecule has 2 rings (SSSR count). The first kappa shape index (κ1) is 29.9. The highest BCUT2D eigenvalue weighted by Crippen LogP contribution is 2.21. The number of ether oxygens (including phenoxy) is 2. The molecule has 2 aromatic rings. The van der Waals surface area contributed by atoms with Crippen molar-refractivity contribution in [3.05, 3.63) is 65.7 Å². The number of aryl methyl sites for hydroxylation is 1. The maximum Gasteiger partial charge on any atom is 0.317 e. The van der Waals surface area contributed by atoms with Gasteiger partial charge in [-0.3, -0.25) is 4.79 Å². The van der Waals surface area contributed by atoms with Gasteiger partial charge in [-0.1, -0.05) is 95.3 Å². The molecule has 0 amide bonds. The van der Waals surface area contributed by atoms with E-state index >= 15 is 0 Å². The molecule has 0 bridgehead atoms. The second kappa shape index (κ2) is 16.4. The van der Waals surface area contributed by atoms with Crippen LogP contribution < -0.4 is 4.74 Å². The first-order valence-corrected chi connectivity index (χ1v) is 14.2. The quantitative estimate of drug-likeness (QED) is 0.0909. The van der Waals surface area contributed by atoms with Gasteiger partial charge in [-0.25, -0.2) is 0 Å². The van der Waals surface area contributed by atoms with Gasteiger partial charge in [0.1, 0.15) is 18.2 Å². The van der Waals surface area contributed by atoms with Gasteiger partial charge in [-0.05, 0) is 43.4 Å².